The topological polar surface area (TPSA) is 96.6 Å². The molecule has 0 spiro atoms. The van der Waals surface area contributed by atoms with Crippen LogP contribution in [0.5, 0.6) is 5.75 Å². The Bertz CT molecular complexity index is 1170. The smallest absolute Gasteiger partial charge is 0.245 e. The number of hydrogen-bond acceptors (Lipinski definition) is 5. The molecule has 2 aromatic carbocycles. The van der Waals surface area contributed by atoms with Gasteiger partial charge in [0.2, 0.25) is 11.8 Å². The van der Waals surface area contributed by atoms with Crippen LogP contribution in [0, 0.1) is 6.92 Å². The lowest BCUT2D eigenvalue weighted by Gasteiger charge is -2.51. The monoisotopic (exact) mass is 504 g/mol. The van der Waals surface area contributed by atoms with Crippen LogP contribution in [0.1, 0.15) is 42.1 Å². The van der Waals surface area contributed by atoms with Gasteiger partial charge in [-0.1, -0.05) is 43.3 Å². The summed E-state index contributed by atoms with van der Waals surface area (Å²) in [4.78, 5) is 35.4. The summed E-state index contributed by atoms with van der Waals surface area (Å²) in [5, 5.41) is 2.99. The van der Waals surface area contributed by atoms with Crippen molar-refractivity contribution >= 4 is 11.8 Å². The fraction of sp³-hybridized carbons (Fsp3) is 0.414. The molecule has 3 aromatic rings. The third kappa shape index (κ3) is 6.38. The van der Waals surface area contributed by atoms with Crippen LogP contribution >= 0.6 is 0 Å². The lowest BCUT2D eigenvalue weighted by atomic mass is 9.82. The molecule has 1 aromatic heterocycles. The summed E-state index contributed by atoms with van der Waals surface area (Å²) in [6.45, 7) is 5.69. The Labute approximate surface area is 218 Å². The molecule has 1 saturated heterocycles. The first-order chi connectivity index (χ1) is 17.9. The van der Waals surface area contributed by atoms with Crippen LogP contribution in [0.2, 0.25) is 0 Å². The van der Waals surface area contributed by atoms with Gasteiger partial charge < -0.3 is 24.7 Å². The van der Waals surface area contributed by atoms with Crippen molar-refractivity contribution in [2.45, 2.75) is 51.2 Å². The summed E-state index contributed by atoms with van der Waals surface area (Å²) < 4.78 is 11.6. The first-order valence-electron chi connectivity index (χ1n) is 12.8. The van der Waals surface area contributed by atoms with Crippen molar-refractivity contribution in [1.29, 1.82) is 0 Å². The standard InChI is InChI=1S/C29H36N4O4/c1-4-15-37-29(25-8-6-5-7-21(25)2)18-33(19-29)28(35)26(16-22-9-12-24(36-3)13-10-22)32-27(34)14-11-23-17-30-20-31-23/h5-10,12-13,17,20,26H,4,11,14-16,18-19H2,1-3H3,(H,30,31)(H,32,34). The van der Waals surface area contributed by atoms with E-state index in [-0.39, 0.29) is 18.2 Å². The van der Waals surface area contributed by atoms with Crippen molar-refractivity contribution < 1.29 is 19.1 Å². The molecular formula is C29H36N4O4. The number of H-pyrrole nitrogens is 1. The van der Waals surface area contributed by atoms with E-state index in [1.54, 1.807) is 24.5 Å². The molecule has 2 amide bonds. The zero-order valence-electron chi connectivity index (χ0n) is 21.8. The number of methoxy groups -OCH3 is 1. The Hall–Kier alpha value is -3.65. The average molecular weight is 505 g/mol. The molecule has 1 unspecified atom stereocenters. The fourth-order valence-electron chi connectivity index (χ4n) is 4.80. The normalized spacial score (nSPS) is 15.1. The van der Waals surface area contributed by atoms with Gasteiger partial charge >= 0.3 is 0 Å². The van der Waals surface area contributed by atoms with Crippen LogP contribution < -0.4 is 10.1 Å². The minimum atomic E-state index is -0.677. The van der Waals surface area contributed by atoms with Crippen molar-refractivity contribution in [1.82, 2.24) is 20.2 Å². The van der Waals surface area contributed by atoms with E-state index in [9.17, 15) is 9.59 Å². The molecule has 37 heavy (non-hydrogen) atoms. The second-order valence-corrected chi connectivity index (χ2v) is 9.60. The number of benzene rings is 2. The Morgan fingerprint density at radius 2 is 1.92 bits per heavy atom. The quantitative estimate of drug-likeness (QED) is 0.393. The maximum atomic E-state index is 13.7. The van der Waals surface area contributed by atoms with Gasteiger partial charge in [-0.05, 0) is 48.6 Å². The van der Waals surface area contributed by atoms with Crippen LogP contribution in [-0.2, 0) is 32.8 Å². The lowest BCUT2D eigenvalue weighted by Crippen LogP contribution is -2.66. The zero-order valence-corrected chi connectivity index (χ0v) is 21.8. The molecule has 0 saturated carbocycles. The highest BCUT2D eigenvalue weighted by Gasteiger charge is 2.49. The first-order valence-corrected chi connectivity index (χ1v) is 12.8. The summed E-state index contributed by atoms with van der Waals surface area (Å²) in [6.07, 6.45) is 5.38. The number of carbonyl (C=O) groups is 2. The van der Waals surface area contributed by atoms with Gasteiger partial charge in [-0.3, -0.25) is 9.59 Å². The summed E-state index contributed by atoms with van der Waals surface area (Å²) >= 11 is 0. The number of carbonyl (C=O) groups excluding carboxylic acids is 2. The maximum Gasteiger partial charge on any atom is 0.245 e. The van der Waals surface area contributed by atoms with Crippen molar-refractivity contribution in [3.63, 3.8) is 0 Å². The summed E-state index contributed by atoms with van der Waals surface area (Å²) in [5.41, 5.74) is 3.56. The van der Waals surface area contributed by atoms with Crippen molar-refractivity contribution in [3.05, 3.63) is 83.4 Å². The van der Waals surface area contributed by atoms with Crippen LogP contribution in [0.4, 0.5) is 0 Å². The van der Waals surface area contributed by atoms with Gasteiger partial charge in [-0.25, -0.2) is 4.98 Å². The molecule has 196 valence electrons. The summed E-state index contributed by atoms with van der Waals surface area (Å²) in [6, 6.07) is 15.1. The molecule has 1 aliphatic heterocycles. The van der Waals surface area contributed by atoms with Crippen molar-refractivity contribution in [2.24, 2.45) is 0 Å². The van der Waals surface area contributed by atoms with Gasteiger partial charge in [0.05, 0.1) is 26.5 Å². The number of imidazole rings is 1. The second-order valence-electron chi connectivity index (χ2n) is 9.60. The van der Waals surface area contributed by atoms with E-state index in [1.807, 2.05) is 36.4 Å². The summed E-state index contributed by atoms with van der Waals surface area (Å²) in [5.74, 6) is 0.471. The largest absolute Gasteiger partial charge is 0.497 e. The Balaban J connectivity index is 1.48. The van der Waals surface area contributed by atoms with Gasteiger partial charge in [0.25, 0.3) is 0 Å². The predicted octanol–water partition coefficient (Wildman–Crippen LogP) is 3.55. The van der Waals surface area contributed by atoms with Gasteiger partial charge in [0, 0.05) is 31.3 Å². The van der Waals surface area contributed by atoms with E-state index < -0.39 is 11.6 Å². The fourth-order valence-corrected chi connectivity index (χ4v) is 4.80. The number of ether oxygens (including phenoxy) is 2. The van der Waals surface area contributed by atoms with E-state index in [2.05, 4.69) is 41.3 Å². The van der Waals surface area contributed by atoms with E-state index in [4.69, 9.17) is 9.47 Å². The molecule has 8 nitrogen and oxygen atoms in total. The second kappa shape index (κ2) is 12.1. The molecule has 1 aliphatic rings. The number of nitrogens with zero attached hydrogens (tertiary/aromatic N) is 2. The number of aromatic nitrogens is 2. The number of hydrogen-bond donors (Lipinski definition) is 2. The van der Waals surface area contributed by atoms with Gasteiger partial charge in [0.1, 0.15) is 17.4 Å². The van der Waals surface area contributed by atoms with E-state index >= 15 is 0 Å². The Kier molecular flexibility index (Phi) is 8.61. The van der Waals surface area contributed by atoms with E-state index in [0.29, 0.717) is 32.5 Å². The highest BCUT2D eigenvalue weighted by atomic mass is 16.5. The molecule has 1 atom stereocenters. The molecule has 8 heteroatoms. The molecule has 2 heterocycles. The predicted molar refractivity (Wildman–Crippen MR) is 141 cm³/mol. The number of nitrogens with one attached hydrogen (secondary N) is 2. The third-order valence-corrected chi connectivity index (χ3v) is 6.83. The van der Waals surface area contributed by atoms with Gasteiger partial charge in [0.15, 0.2) is 0 Å². The van der Waals surface area contributed by atoms with Gasteiger partial charge in [-0.2, -0.15) is 0 Å². The Morgan fingerprint density at radius 1 is 1.16 bits per heavy atom. The molecule has 1 fully saturated rings. The minimum Gasteiger partial charge on any atom is -0.497 e. The summed E-state index contributed by atoms with van der Waals surface area (Å²) in [7, 11) is 1.62. The number of aromatic amines is 1. The van der Waals surface area contributed by atoms with E-state index in [0.717, 1.165) is 34.6 Å². The number of rotatable bonds is 12. The molecule has 2 N–H and O–H groups in total. The molecule has 4 rings (SSSR count). The van der Waals surface area contributed by atoms with Crippen LogP contribution in [0.25, 0.3) is 0 Å². The third-order valence-electron chi connectivity index (χ3n) is 6.83. The van der Waals surface area contributed by atoms with E-state index in [1.165, 1.54) is 0 Å². The highest BCUT2D eigenvalue weighted by molar-refractivity contribution is 5.88. The number of aryl methyl sites for hydroxylation is 2. The van der Waals surface area contributed by atoms with Crippen molar-refractivity contribution in [2.75, 3.05) is 26.8 Å². The molecule has 0 aliphatic carbocycles. The first kappa shape index (κ1) is 26.4. The Morgan fingerprint density at radius 3 is 2.57 bits per heavy atom. The number of likely N-dealkylation sites (tertiary alicyclic amines) is 1. The van der Waals surface area contributed by atoms with Gasteiger partial charge in [-0.15, -0.1) is 0 Å². The van der Waals surface area contributed by atoms with Crippen LogP contribution in [-0.4, -0.2) is 59.5 Å². The SMILES string of the molecule is CCCOC1(c2ccccc2C)CN(C(=O)C(Cc2ccc(OC)cc2)NC(=O)CCc2cnc[nH]2)C1. The molecule has 0 radical (unpaired) electrons. The minimum absolute atomic E-state index is 0.102. The lowest BCUT2D eigenvalue weighted by molar-refractivity contribution is -0.175. The maximum absolute atomic E-state index is 13.7. The van der Waals surface area contributed by atoms with Crippen LogP contribution in [0.3, 0.4) is 0 Å². The number of amides is 2. The van der Waals surface area contributed by atoms with Crippen molar-refractivity contribution in [3.8, 4) is 5.75 Å². The highest BCUT2D eigenvalue weighted by Crippen LogP contribution is 2.38. The molecule has 0 bridgehead atoms. The zero-order chi connectivity index (χ0) is 26.3. The molecular weight excluding hydrogens is 468 g/mol. The van der Waals surface area contributed by atoms with Crippen LogP contribution in [0.15, 0.2) is 61.1 Å². The average Bonchev–Trinajstić information content (AvgIpc) is 3.41.